The molecular weight excluding hydrogens is 368 g/mol. The molecule has 0 aliphatic carbocycles. The van der Waals surface area contributed by atoms with Crippen molar-refractivity contribution in [3.8, 4) is 11.5 Å². The molecule has 7 nitrogen and oxygen atoms in total. The van der Waals surface area contributed by atoms with Crippen molar-refractivity contribution < 1.29 is 14.3 Å². The lowest BCUT2D eigenvalue weighted by Gasteiger charge is -2.08. The quantitative estimate of drug-likeness (QED) is 0.580. The van der Waals surface area contributed by atoms with Crippen molar-refractivity contribution in [3.63, 3.8) is 0 Å². The third-order valence-corrected chi connectivity index (χ3v) is 4.18. The van der Waals surface area contributed by atoms with Gasteiger partial charge in [0.1, 0.15) is 17.3 Å². The standard InChI is InChI=1S/C22H24N4O3/c1-16-6-8-18(9-7-16)29-15-22(27)24-21-11-10-20(25-26-21)23-13-12-17-4-3-5-19(14-17)28-2/h3-11,14H,12-13,15H2,1-2H3,(H,23,25)(H,24,26,27). The predicted octanol–water partition coefficient (Wildman–Crippen LogP) is 3.47. The van der Waals surface area contributed by atoms with Crippen LogP contribution in [-0.2, 0) is 11.2 Å². The van der Waals surface area contributed by atoms with Gasteiger partial charge in [-0.1, -0.05) is 29.8 Å². The minimum Gasteiger partial charge on any atom is -0.497 e. The molecule has 1 amide bonds. The van der Waals surface area contributed by atoms with Gasteiger partial charge < -0.3 is 20.1 Å². The lowest BCUT2D eigenvalue weighted by molar-refractivity contribution is -0.118. The zero-order chi connectivity index (χ0) is 20.5. The van der Waals surface area contributed by atoms with Crippen LogP contribution < -0.4 is 20.1 Å². The summed E-state index contributed by atoms with van der Waals surface area (Å²) >= 11 is 0. The van der Waals surface area contributed by atoms with Gasteiger partial charge in [-0.3, -0.25) is 4.79 Å². The molecule has 0 aliphatic rings. The number of carbonyl (C=O) groups is 1. The van der Waals surface area contributed by atoms with Crippen molar-refractivity contribution in [2.45, 2.75) is 13.3 Å². The number of aryl methyl sites for hydroxylation is 1. The molecule has 7 heteroatoms. The van der Waals surface area contributed by atoms with Gasteiger partial charge in [-0.2, -0.15) is 0 Å². The Hall–Kier alpha value is -3.61. The van der Waals surface area contributed by atoms with Crippen LogP contribution in [0.5, 0.6) is 11.5 Å². The minimum absolute atomic E-state index is 0.0920. The molecule has 0 aliphatic heterocycles. The van der Waals surface area contributed by atoms with Gasteiger partial charge in [0, 0.05) is 6.54 Å². The van der Waals surface area contributed by atoms with Crippen LogP contribution in [0.1, 0.15) is 11.1 Å². The molecule has 0 radical (unpaired) electrons. The number of ether oxygens (including phenoxy) is 2. The van der Waals surface area contributed by atoms with Crippen LogP contribution >= 0.6 is 0 Å². The van der Waals surface area contributed by atoms with Crippen LogP contribution in [0, 0.1) is 6.92 Å². The van der Waals surface area contributed by atoms with E-state index in [-0.39, 0.29) is 12.5 Å². The maximum absolute atomic E-state index is 12.0. The lowest BCUT2D eigenvalue weighted by Crippen LogP contribution is -2.21. The molecule has 2 aromatic carbocycles. The van der Waals surface area contributed by atoms with Gasteiger partial charge in [-0.15, -0.1) is 10.2 Å². The van der Waals surface area contributed by atoms with E-state index in [0.29, 0.717) is 23.9 Å². The Morgan fingerprint density at radius 3 is 2.45 bits per heavy atom. The Morgan fingerprint density at radius 1 is 0.966 bits per heavy atom. The van der Waals surface area contributed by atoms with Crippen LogP contribution in [-0.4, -0.2) is 36.4 Å². The second kappa shape index (κ2) is 10.1. The monoisotopic (exact) mass is 392 g/mol. The molecule has 1 heterocycles. The largest absolute Gasteiger partial charge is 0.497 e. The molecule has 0 fully saturated rings. The fourth-order valence-electron chi connectivity index (χ4n) is 2.62. The molecule has 1 aromatic heterocycles. The van der Waals surface area contributed by atoms with Gasteiger partial charge >= 0.3 is 0 Å². The Morgan fingerprint density at radius 2 is 1.72 bits per heavy atom. The highest BCUT2D eigenvalue weighted by molar-refractivity contribution is 5.90. The molecule has 0 spiro atoms. The van der Waals surface area contributed by atoms with E-state index in [1.165, 1.54) is 5.56 Å². The number of aromatic nitrogens is 2. The van der Waals surface area contributed by atoms with Crippen LogP contribution in [0.3, 0.4) is 0 Å². The summed E-state index contributed by atoms with van der Waals surface area (Å²) < 4.78 is 10.7. The summed E-state index contributed by atoms with van der Waals surface area (Å²) in [5.41, 5.74) is 2.30. The first-order valence-electron chi connectivity index (χ1n) is 9.32. The van der Waals surface area contributed by atoms with Crippen LogP contribution in [0.4, 0.5) is 11.6 Å². The molecule has 3 rings (SSSR count). The van der Waals surface area contributed by atoms with E-state index >= 15 is 0 Å². The summed E-state index contributed by atoms with van der Waals surface area (Å²) in [5, 5.41) is 14.0. The normalized spacial score (nSPS) is 10.3. The minimum atomic E-state index is -0.293. The first kappa shape index (κ1) is 20.1. The molecule has 0 atom stereocenters. The number of hydrogen-bond donors (Lipinski definition) is 2. The van der Waals surface area contributed by atoms with E-state index < -0.39 is 0 Å². The number of benzene rings is 2. The number of nitrogens with one attached hydrogen (secondary N) is 2. The molecule has 0 bridgehead atoms. The SMILES string of the molecule is COc1cccc(CCNc2ccc(NC(=O)COc3ccc(C)cc3)nn2)c1. The van der Waals surface area contributed by atoms with Crippen molar-refractivity contribution in [1.29, 1.82) is 0 Å². The van der Waals surface area contributed by atoms with Gasteiger partial charge in [0.25, 0.3) is 5.91 Å². The average molecular weight is 392 g/mol. The molecule has 150 valence electrons. The van der Waals surface area contributed by atoms with Gasteiger partial charge in [0.2, 0.25) is 0 Å². The Kier molecular flexibility index (Phi) is 7.00. The number of rotatable bonds is 9. The summed E-state index contributed by atoms with van der Waals surface area (Å²) in [7, 11) is 1.65. The molecule has 0 saturated carbocycles. The highest BCUT2D eigenvalue weighted by Gasteiger charge is 2.06. The fraction of sp³-hybridized carbons (Fsp3) is 0.227. The zero-order valence-corrected chi connectivity index (χ0v) is 16.5. The topological polar surface area (TPSA) is 85.4 Å². The summed E-state index contributed by atoms with van der Waals surface area (Å²) in [4.78, 5) is 12.0. The molecule has 3 aromatic rings. The number of amides is 1. The van der Waals surface area contributed by atoms with Crippen molar-refractivity contribution in [2.24, 2.45) is 0 Å². The third kappa shape index (κ3) is 6.49. The first-order chi connectivity index (χ1) is 14.1. The third-order valence-electron chi connectivity index (χ3n) is 4.18. The molecule has 0 unspecified atom stereocenters. The molecular formula is C22H24N4O3. The van der Waals surface area contributed by atoms with Crippen molar-refractivity contribution in [2.75, 3.05) is 30.9 Å². The smallest absolute Gasteiger partial charge is 0.263 e. The first-order valence-corrected chi connectivity index (χ1v) is 9.32. The van der Waals surface area contributed by atoms with Crippen molar-refractivity contribution >= 4 is 17.5 Å². The number of carbonyl (C=O) groups excluding carboxylic acids is 1. The molecule has 29 heavy (non-hydrogen) atoms. The zero-order valence-electron chi connectivity index (χ0n) is 16.5. The highest BCUT2D eigenvalue weighted by atomic mass is 16.5. The van der Waals surface area contributed by atoms with Gasteiger partial charge in [0.15, 0.2) is 12.4 Å². The Bertz CT molecular complexity index is 928. The summed E-state index contributed by atoms with van der Waals surface area (Å²) in [5.74, 6) is 2.21. The number of anilines is 2. The summed E-state index contributed by atoms with van der Waals surface area (Å²) in [6.07, 6.45) is 0.827. The van der Waals surface area contributed by atoms with Crippen molar-refractivity contribution in [1.82, 2.24) is 10.2 Å². The number of hydrogen-bond acceptors (Lipinski definition) is 6. The van der Waals surface area contributed by atoms with E-state index in [0.717, 1.165) is 17.7 Å². The second-order valence-corrected chi connectivity index (χ2v) is 6.48. The van der Waals surface area contributed by atoms with Crippen LogP contribution in [0.2, 0.25) is 0 Å². The summed E-state index contributed by atoms with van der Waals surface area (Å²) in [6, 6.07) is 18.9. The molecule has 0 saturated heterocycles. The number of methoxy groups -OCH3 is 1. The average Bonchev–Trinajstić information content (AvgIpc) is 2.75. The van der Waals surface area contributed by atoms with E-state index in [1.807, 2.05) is 55.5 Å². The van der Waals surface area contributed by atoms with E-state index in [4.69, 9.17) is 9.47 Å². The predicted molar refractivity (Wildman–Crippen MR) is 113 cm³/mol. The van der Waals surface area contributed by atoms with Gasteiger partial charge in [-0.05, 0) is 55.3 Å². The van der Waals surface area contributed by atoms with E-state index in [2.05, 4.69) is 20.8 Å². The van der Waals surface area contributed by atoms with E-state index in [1.54, 1.807) is 19.2 Å². The fourth-order valence-corrected chi connectivity index (χ4v) is 2.62. The maximum atomic E-state index is 12.0. The Labute approximate surface area is 170 Å². The second-order valence-electron chi connectivity index (χ2n) is 6.48. The van der Waals surface area contributed by atoms with Gasteiger partial charge in [0.05, 0.1) is 7.11 Å². The van der Waals surface area contributed by atoms with Crippen LogP contribution in [0.25, 0.3) is 0 Å². The van der Waals surface area contributed by atoms with Crippen molar-refractivity contribution in [3.05, 3.63) is 71.8 Å². The van der Waals surface area contributed by atoms with Crippen LogP contribution in [0.15, 0.2) is 60.7 Å². The maximum Gasteiger partial charge on any atom is 0.263 e. The Balaban J connectivity index is 1.42. The van der Waals surface area contributed by atoms with Gasteiger partial charge in [-0.25, -0.2) is 0 Å². The summed E-state index contributed by atoms with van der Waals surface area (Å²) in [6.45, 7) is 2.61. The molecule has 2 N–H and O–H groups in total. The lowest BCUT2D eigenvalue weighted by atomic mass is 10.1. The highest BCUT2D eigenvalue weighted by Crippen LogP contribution is 2.14. The van der Waals surface area contributed by atoms with E-state index in [9.17, 15) is 4.79 Å². The number of nitrogens with zero attached hydrogens (tertiary/aromatic N) is 2.